The maximum Gasteiger partial charge on any atom is 0.346 e. The molecule has 1 saturated heterocycles. The molecule has 0 N–H and O–H groups in total. The van der Waals surface area contributed by atoms with Gasteiger partial charge in [-0.3, -0.25) is 4.57 Å². The maximum absolute atomic E-state index is 12.1. The van der Waals surface area contributed by atoms with Gasteiger partial charge in [0.1, 0.15) is 0 Å². The van der Waals surface area contributed by atoms with Gasteiger partial charge in [0.25, 0.3) is 0 Å². The first-order valence-corrected chi connectivity index (χ1v) is 7.76. The fourth-order valence-electron chi connectivity index (χ4n) is 2.24. The van der Waals surface area contributed by atoms with Gasteiger partial charge in [-0.25, -0.2) is 4.79 Å². The molecule has 6 heteroatoms. The number of urea groups is 1. The van der Waals surface area contributed by atoms with Crippen LogP contribution in [0.3, 0.4) is 0 Å². The van der Waals surface area contributed by atoms with E-state index in [0.717, 1.165) is 31.6 Å². The molecule has 0 aliphatic carbocycles. The Labute approximate surface area is 125 Å². The number of carbonyl (C=O) groups excluding carboxylic acids is 1. The molecule has 1 aliphatic heterocycles. The number of halogens is 1. The number of para-hydroxylation sites is 1. The van der Waals surface area contributed by atoms with Crippen molar-refractivity contribution in [2.24, 2.45) is 4.99 Å². The van der Waals surface area contributed by atoms with Crippen LogP contribution in [0.1, 0.15) is 12.8 Å². The molecule has 0 bridgehead atoms. The van der Waals surface area contributed by atoms with Crippen molar-refractivity contribution in [3.63, 3.8) is 0 Å². The summed E-state index contributed by atoms with van der Waals surface area (Å²) < 4.78 is 1.85. The molecule has 2 amide bonds. The summed E-state index contributed by atoms with van der Waals surface area (Å²) >= 11 is 7.63. The summed E-state index contributed by atoms with van der Waals surface area (Å²) in [4.78, 5) is 18.8. The fraction of sp³-hybridized carbons (Fsp3) is 0.286. The second-order valence-electron chi connectivity index (χ2n) is 4.60. The van der Waals surface area contributed by atoms with Crippen molar-refractivity contribution >= 4 is 29.0 Å². The van der Waals surface area contributed by atoms with E-state index in [2.05, 4.69) is 4.99 Å². The van der Waals surface area contributed by atoms with Crippen molar-refractivity contribution in [3.05, 3.63) is 45.7 Å². The average molecular weight is 308 g/mol. The van der Waals surface area contributed by atoms with Crippen molar-refractivity contribution in [2.75, 3.05) is 13.1 Å². The van der Waals surface area contributed by atoms with E-state index in [-0.39, 0.29) is 6.03 Å². The predicted molar refractivity (Wildman–Crippen MR) is 80.4 cm³/mol. The highest BCUT2D eigenvalue weighted by molar-refractivity contribution is 7.07. The van der Waals surface area contributed by atoms with E-state index in [4.69, 9.17) is 11.6 Å². The van der Waals surface area contributed by atoms with Crippen LogP contribution in [0.25, 0.3) is 5.69 Å². The highest BCUT2D eigenvalue weighted by atomic mass is 35.5. The highest BCUT2D eigenvalue weighted by Crippen LogP contribution is 2.18. The first-order valence-electron chi connectivity index (χ1n) is 6.50. The van der Waals surface area contributed by atoms with Crippen molar-refractivity contribution < 1.29 is 4.79 Å². The second kappa shape index (κ2) is 5.81. The molecule has 0 unspecified atom stereocenters. The summed E-state index contributed by atoms with van der Waals surface area (Å²) in [6, 6.07) is 7.37. The van der Waals surface area contributed by atoms with Gasteiger partial charge in [-0.1, -0.05) is 23.7 Å². The average Bonchev–Trinajstić information content (AvgIpc) is 3.10. The van der Waals surface area contributed by atoms with Gasteiger partial charge in [0.2, 0.25) is 0 Å². The molecule has 0 saturated carbocycles. The summed E-state index contributed by atoms with van der Waals surface area (Å²) in [5.74, 6) is 0. The molecule has 20 heavy (non-hydrogen) atoms. The van der Waals surface area contributed by atoms with Crippen molar-refractivity contribution in [1.82, 2.24) is 9.47 Å². The normalized spacial score (nSPS) is 15.8. The van der Waals surface area contributed by atoms with Crippen molar-refractivity contribution in [3.8, 4) is 5.69 Å². The minimum atomic E-state index is -0.161. The Kier molecular flexibility index (Phi) is 3.89. The molecule has 2 aromatic rings. The maximum atomic E-state index is 12.1. The van der Waals surface area contributed by atoms with E-state index in [0.29, 0.717) is 9.82 Å². The second-order valence-corrected chi connectivity index (χ2v) is 5.88. The number of benzene rings is 1. The highest BCUT2D eigenvalue weighted by Gasteiger charge is 2.17. The number of hydrogen-bond acceptors (Lipinski definition) is 2. The van der Waals surface area contributed by atoms with E-state index in [9.17, 15) is 4.79 Å². The quantitative estimate of drug-likeness (QED) is 0.796. The number of amides is 2. The lowest BCUT2D eigenvalue weighted by atomic mass is 10.3. The minimum Gasteiger partial charge on any atom is -0.323 e. The summed E-state index contributed by atoms with van der Waals surface area (Å²) in [5.41, 5.74) is 0.836. The molecular weight excluding hydrogens is 294 g/mol. The van der Waals surface area contributed by atoms with Crippen LogP contribution in [-0.2, 0) is 0 Å². The molecule has 1 aromatic carbocycles. The van der Waals surface area contributed by atoms with Gasteiger partial charge in [0.15, 0.2) is 4.80 Å². The Bertz CT molecular complexity index is 685. The SMILES string of the molecule is O=C(N=c1sccn1-c1ccccc1Cl)N1CCCC1. The first kappa shape index (κ1) is 13.4. The van der Waals surface area contributed by atoms with Crippen LogP contribution >= 0.6 is 22.9 Å². The van der Waals surface area contributed by atoms with Crippen LogP contribution in [0.5, 0.6) is 0 Å². The number of hydrogen-bond donors (Lipinski definition) is 0. The Morgan fingerprint density at radius 2 is 2.00 bits per heavy atom. The largest absolute Gasteiger partial charge is 0.346 e. The lowest BCUT2D eigenvalue weighted by molar-refractivity contribution is 0.218. The molecule has 2 heterocycles. The zero-order valence-electron chi connectivity index (χ0n) is 10.8. The minimum absolute atomic E-state index is 0.161. The molecule has 4 nitrogen and oxygen atoms in total. The van der Waals surface area contributed by atoms with E-state index in [1.54, 1.807) is 4.90 Å². The van der Waals surface area contributed by atoms with E-state index in [1.807, 2.05) is 40.4 Å². The van der Waals surface area contributed by atoms with Gasteiger partial charge in [-0.05, 0) is 25.0 Å². The zero-order valence-corrected chi connectivity index (χ0v) is 12.4. The third-order valence-electron chi connectivity index (χ3n) is 3.27. The van der Waals surface area contributed by atoms with Crippen LogP contribution in [0, 0.1) is 0 Å². The monoisotopic (exact) mass is 307 g/mol. The predicted octanol–water partition coefficient (Wildman–Crippen LogP) is 3.31. The Balaban J connectivity index is 1.98. The van der Waals surface area contributed by atoms with Crippen molar-refractivity contribution in [1.29, 1.82) is 0 Å². The van der Waals surface area contributed by atoms with Crippen LogP contribution in [0.2, 0.25) is 5.02 Å². The van der Waals surface area contributed by atoms with Gasteiger partial charge < -0.3 is 4.90 Å². The van der Waals surface area contributed by atoms with Gasteiger partial charge in [-0.15, -0.1) is 11.3 Å². The number of likely N-dealkylation sites (tertiary alicyclic amines) is 1. The Morgan fingerprint density at radius 1 is 1.25 bits per heavy atom. The van der Waals surface area contributed by atoms with Crippen LogP contribution in [0.4, 0.5) is 4.79 Å². The van der Waals surface area contributed by atoms with Crippen LogP contribution < -0.4 is 4.80 Å². The van der Waals surface area contributed by atoms with Gasteiger partial charge in [0, 0.05) is 24.7 Å². The standard InChI is InChI=1S/C14H14ClN3OS/c15-11-5-1-2-6-12(11)18-9-10-20-14(18)16-13(19)17-7-3-4-8-17/h1-2,5-6,9-10H,3-4,7-8H2. The summed E-state index contributed by atoms with van der Waals surface area (Å²) in [5, 5.41) is 2.54. The molecule has 104 valence electrons. The molecule has 1 fully saturated rings. The molecule has 0 atom stereocenters. The number of thiazole rings is 1. The molecule has 3 rings (SSSR count). The molecule has 0 radical (unpaired) electrons. The third-order valence-corrected chi connectivity index (χ3v) is 4.35. The van der Waals surface area contributed by atoms with Gasteiger partial charge in [0.05, 0.1) is 10.7 Å². The van der Waals surface area contributed by atoms with E-state index in [1.165, 1.54) is 11.3 Å². The summed E-state index contributed by atoms with van der Waals surface area (Å²) in [7, 11) is 0. The molecule has 1 aromatic heterocycles. The first-order chi connectivity index (χ1) is 9.75. The van der Waals surface area contributed by atoms with Crippen LogP contribution in [0.15, 0.2) is 40.8 Å². The summed E-state index contributed by atoms with van der Waals surface area (Å²) in [6.45, 7) is 1.61. The molecular formula is C14H14ClN3OS. The molecule has 1 aliphatic rings. The van der Waals surface area contributed by atoms with Crippen molar-refractivity contribution in [2.45, 2.75) is 12.8 Å². The third kappa shape index (κ3) is 2.64. The van der Waals surface area contributed by atoms with E-state index >= 15 is 0 Å². The lowest BCUT2D eigenvalue weighted by Crippen LogP contribution is -2.27. The smallest absolute Gasteiger partial charge is 0.323 e. The van der Waals surface area contributed by atoms with Gasteiger partial charge >= 0.3 is 6.03 Å². The zero-order chi connectivity index (χ0) is 13.9. The summed E-state index contributed by atoms with van der Waals surface area (Å²) in [6.07, 6.45) is 4.01. The Morgan fingerprint density at radius 3 is 2.75 bits per heavy atom. The number of carbonyl (C=O) groups is 1. The topological polar surface area (TPSA) is 37.6 Å². The molecule has 0 spiro atoms. The fourth-order valence-corrected chi connectivity index (χ4v) is 3.18. The number of rotatable bonds is 1. The van der Waals surface area contributed by atoms with Crippen LogP contribution in [-0.4, -0.2) is 28.6 Å². The Hall–Kier alpha value is -1.59. The number of aromatic nitrogens is 1. The van der Waals surface area contributed by atoms with Gasteiger partial charge in [-0.2, -0.15) is 4.99 Å². The van der Waals surface area contributed by atoms with E-state index < -0.39 is 0 Å². The lowest BCUT2D eigenvalue weighted by Gasteiger charge is -2.11. The number of nitrogens with zero attached hydrogens (tertiary/aromatic N) is 3.